The SMILES string of the molecule is CCCCOC1CC=CC=CC=C(C)CC1. The largest absolute Gasteiger partial charge is 0.378 e. The van der Waals surface area contributed by atoms with Crippen LogP contribution in [0.4, 0.5) is 0 Å². The van der Waals surface area contributed by atoms with E-state index in [-0.39, 0.29) is 0 Å². The van der Waals surface area contributed by atoms with Gasteiger partial charge in [-0.25, -0.2) is 0 Å². The molecule has 0 saturated heterocycles. The first-order valence-corrected chi connectivity index (χ1v) is 6.43. The lowest BCUT2D eigenvalue weighted by atomic mass is 10.0. The van der Waals surface area contributed by atoms with E-state index in [0.717, 1.165) is 25.9 Å². The number of ether oxygens (including phenoxy) is 1. The molecule has 0 spiro atoms. The van der Waals surface area contributed by atoms with Gasteiger partial charge in [0, 0.05) is 6.61 Å². The van der Waals surface area contributed by atoms with Gasteiger partial charge in [0.25, 0.3) is 0 Å². The lowest BCUT2D eigenvalue weighted by molar-refractivity contribution is 0.0479. The topological polar surface area (TPSA) is 9.23 Å². The van der Waals surface area contributed by atoms with Crippen LogP contribution in [0.15, 0.2) is 36.0 Å². The van der Waals surface area contributed by atoms with E-state index < -0.39 is 0 Å². The summed E-state index contributed by atoms with van der Waals surface area (Å²) < 4.78 is 5.90. The second kappa shape index (κ2) is 8.35. The van der Waals surface area contributed by atoms with Gasteiger partial charge in [-0.15, -0.1) is 0 Å². The summed E-state index contributed by atoms with van der Waals surface area (Å²) in [5.41, 5.74) is 1.44. The molecular weight excluding hydrogens is 196 g/mol. The van der Waals surface area contributed by atoms with Crippen LogP contribution in [-0.2, 0) is 4.74 Å². The Morgan fingerprint density at radius 3 is 3.00 bits per heavy atom. The first-order chi connectivity index (χ1) is 7.83. The third kappa shape index (κ3) is 5.92. The molecule has 0 bridgehead atoms. The van der Waals surface area contributed by atoms with Crippen LogP contribution in [-0.4, -0.2) is 12.7 Å². The van der Waals surface area contributed by atoms with Crippen molar-refractivity contribution in [2.45, 2.75) is 52.1 Å². The zero-order chi connectivity index (χ0) is 11.6. The molecule has 16 heavy (non-hydrogen) atoms. The Hall–Kier alpha value is -0.820. The lowest BCUT2D eigenvalue weighted by Gasteiger charge is -2.16. The van der Waals surface area contributed by atoms with Crippen molar-refractivity contribution < 1.29 is 4.74 Å². The Morgan fingerprint density at radius 1 is 1.31 bits per heavy atom. The number of rotatable bonds is 4. The molecule has 1 aliphatic rings. The van der Waals surface area contributed by atoms with Crippen molar-refractivity contribution in [1.29, 1.82) is 0 Å². The van der Waals surface area contributed by atoms with Gasteiger partial charge in [-0.3, -0.25) is 0 Å². The summed E-state index contributed by atoms with van der Waals surface area (Å²) in [6, 6.07) is 0. The van der Waals surface area contributed by atoms with Crippen LogP contribution >= 0.6 is 0 Å². The molecule has 0 aromatic rings. The molecule has 90 valence electrons. The van der Waals surface area contributed by atoms with Crippen molar-refractivity contribution in [3.05, 3.63) is 36.0 Å². The molecule has 1 rings (SSSR count). The minimum Gasteiger partial charge on any atom is -0.378 e. The van der Waals surface area contributed by atoms with Gasteiger partial charge < -0.3 is 4.74 Å². The number of allylic oxidation sites excluding steroid dienone is 5. The Balaban J connectivity index is 2.42. The standard InChI is InChI=1S/C15H24O/c1-3-4-13-16-15-10-8-6-5-7-9-14(2)11-12-15/h5-9,15H,3-4,10-13H2,1-2H3. The van der Waals surface area contributed by atoms with Gasteiger partial charge >= 0.3 is 0 Å². The normalized spacial score (nSPS) is 21.9. The molecule has 0 heterocycles. The molecule has 0 N–H and O–H groups in total. The first-order valence-electron chi connectivity index (χ1n) is 6.43. The number of unbranched alkanes of at least 4 members (excludes halogenated alkanes) is 1. The van der Waals surface area contributed by atoms with Crippen LogP contribution in [0.3, 0.4) is 0 Å². The smallest absolute Gasteiger partial charge is 0.0612 e. The molecule has 0 saturated carbocycles. The molecule has 1 aliphatic carbocycles. The van der Waals surface area contributed by atoms with Crippen molar-refractivity contribution in [3.8, 4) is 0 Å². The predicted octanol–water partition coefficient (Wildman–Crippen LogP) is 4.41. The Bertz CT molecular complexity index is 261. The molecule has 1 heteroatoms. The zero-order valence-electron chi connectivity index (χ0n) is 10.6. The molecular formula is C15H24O. The molecule has 0 fully saturated rings. The van der Waals surface area contributed by atoms with E-state index in [1.807, 2.05) is 0 Å². The molecule has 1 nitrogen and oxygen atoms in total. The highest BCUT2D eigenvalue weighted by Crippen LogP contribution is 2.14. The minimum absolute atomic E-state index is 0.401. The van der Waals surface area contributed by atoms with Crippen molar-refractivity contribution in [2.75, 3.05) is 6.61 Å². The highest BCUT2D eigenvalue weighted by molar-refractivity contribution is 5.16. The summed E-state index contributed by atoms with van der Waals surface area (Å²) in [6.45, 7) is 5.31. The summed E-state index contributed by atoms with van der Waals surface area (Å²) in [5, 5.41) is 0. The monoisotopic (exact) mass is 220 g/mol. The summed E-state index contributed by atoms with van der Waals surface area (Å²) in [6.07, 6.45) is 16.9. The lowest BCUT2D eigenvalue weighted by Crippen LogP contribution is -2.13. The van der Waals surface area contributed by atoms with E-state index in [2.05, 4.69) is 44.2 Å². The molecule has 0 amide bonds. The van der Waals surface area contributed by atoms with E-state index in [9.17, 15) is 0 Å². The fraction of sp³-hybridized carbons (Fsp3) is 0.600. The maximum atomic E-state index is 5.90. The van der Waals surface area contributed by atoms with Gasteiger partial charge in [-0.1, -0.05) is 49.3 Å². The molecule has 0 aliphatic heterocycles. The van der Waals surface area contributed by atoms with Crippen LogP contribution in [0.5, 0.6) is 0 Å². The average molecular weight is 220 g/mol. The minimum atomic E-state index is 0.401. The van der Waals surface area contributed by atoms with E-state index >= 15 is 0 Å². The number of hydrogen-bond acceptors (Lipinski definition) is 1. The van der Waals surface area contributed by atoms with E-state index in [4.69, 9.17) is 4.74 Å². The fourth-order valence-corrected chi connectivity index (χ4v) is 1.73. The van der Waals surface area contributed by atoms with E-state index in [1.54, 1.807) is 0 Å². The molecule has 0 radical (unpaired) electrons. The average Bonchev–Trinajstić information content (AvgIpc) is 2.30. The fourth-order valence-electron chi connectivity index (χ4n) is 1.73. The maximum Gasteiger partial charge on any atom is 0.0612 e. The molecule has 0 aromatic heterocycles. The summed E-state index contributed by atoms with van der Waals surface area (Å²) in [5.74, 6) is 0. The maximum absolute atomic E-state index is 5.90. The Labute approximate surface area is 99.9 Å². The third-order valence-corrected chi connectivity index (χ3v) is 2.85. The van der Waals surface area contributed by atoms with Gasteiger partial charge in [0.05, 0.1) is 6.10 Å². The summed E-state index contributed by atoms with van der Waals surface area (Å²) >= 11 is 0. The van der Waals surface area contributed by atoms with Crippen molar-refractivity contribution >= 4 is 0 Å². The van der Waals surface area contributed by atoms with Crippen LogP contribution in [0.25, 0.3) is 0 Å². The van der Waals surface area contributed by atoms with E-state index in [0.29, 0.717) is 6.10 Å². The van der Waals surface area contributed by atoms with Gasteiger partial charge in [-0.05, 0) is 32.6 Å². The molecule has 1 atom stereocenters. The second-order valence-corrected chi connectivity index (χ2v) is 4.45. The van der Waals surface area contributed by atoms with Gasteiger partial charge in [0.15, 0.2) is 0 Å². The van der Waals surface area contributed by atoms with Crippen LogP contribution in [0.1, 0.15) is 46.0 Å². The van der Waals surface area contributed by atoms with Crippen molar-refractivity contribution in [1.82, 2.24) is 0 Å². The Morgan fingerprint density at radius 2 is 2.19 bits per heavy atom. The van der Waals surface area contributed by atoms with Gasteiger partial charge in [-0.2, -0.15) is 0 Å². The van der Waals surface area contributed by atoms with Gasteiger partial charge in [0.1, 0.15) is 0 Å². The Kier molecular flexibility index (Phi) is 6.91. The predicted molar refractivity (Wildman–Crippen MR) is 70.5 cm³/mol. The number of hydrogen-bond donors (Lipinski definition) is 0. The summed E-state index contributed by atoms with van der Waals surface area (Å²) in [4.78, 5) is 0. The van der Waals surface area contributed by atoms with Crippen LogP contribution in [0.2, 0.25) is 0 Å². The van der Waals surface area contributed by atoms with Crippen LogP contribution < -0.4 is 0 Å². The molecule has 1 unspecified atom stereocenters. The summed E-state index contributed by atoms with van der Waals surface area (Å²) in [7, 11) is 0. The van der Waals surface area contributed by atoms with Crippen molar-refractivity contribution in [3.63, 3.8) is 0 Å². The van der Waals surface area contributed by atoms with Crippen molar-refractivity contribution in [2.24, 2.45) is 0 Å². The quantitative estimate of drug-likeness (QED) is 0.637. The highest BCUT2D eigenvalue weighted by atomic mass is 16.5. The highest BCUT2D eigenvalue weighted by Gasteiger charge is 2.07. The van der Waals surface area contributed by atoms with Crippen LogP contribution in [0, 0.1) is 0 Å². The third-order valence-electron chi connectivity index (χ3n) is 2.85. The van der Waals surface area contributed by atoms with Gasteiger partial charge in [0.2, 0.25) is 0 Å². The van der Waals surface area contributed by atoms with E-state index in [1.165, 1.54) is 18.4 Å². The molecule has 0 aromatic carbocycles. The first kappa shape index (κ1) is 13.2. The second-order valence-electron chi connectivity index (χ2n) is 4.45. The zero-order valence-corrected chi connectivity index (χ0v) is 10.6.